The summed E-state index contributed by atoms with van der Waals surface area (Å²) in [5.74, 6) is 0. The maximum absolute atomic E-state index is 2.36. The fourth-order valence-corrected chi connectivity index (χ4v) is 9.25. The number of hydrogen-bond donors (Lipinski definition) is 0. The first-order valence-electron chi connectivity index (χ1n) is 12.5. The van der Waals surface area contributed by atoms with Gasteiger partial charge in [-0.3, -0.25) is 0 Å². The molecule has 4 aromatic carbocycles. The van der Waals surface area contributed by atoms with Crippen LogP contribution in [0.5, 0.6) is 0 Å². The first kappa shape index (κ1) is 22.4. The van der Waals surface area contributed by atoms with Crippen LogP contribution in [0.3, 0.4) is 0 Å². The van der Waals surface area contributed by atoms with Gasteiger partial charge in [-0.15, -0.1) is 45.3 Å². The molecule has 0 aliphatic heterocycles. The zero-order valence-corrected chi connectivity index (χ0v) is 23.4. The van der Waals surface area contributed by atoms with Crippen LogP contribution in [0.4, 0.5) is 0 Å². The Kier molecular flexibility index (Phi) is 5.34. The third-order valence-corrected chi connectivity index (χ3v) is 11.4. The van der Waals surface area contributed by atoms with Gasteiger partial charge in [0.25, 0.3) is 0 Å². The third kappa shape index (κ3) is 3.84. The Hall–Kier alpha value is -3.54. The van der Waals surface area contributed by atoms with Crippen LogP contribution in [0.1, 0.15) is 9.75 Å². The van der Waals surface area contributed by atoms with Crippen LogP contribution in [-0.2, 0) is 0 Å². The quantitative estimate of drug-likeness (QED) is 0.202. The Morgan fingerprint density at radius 1 is 0.368 bits per heavy atom. The van der Waals surface area contributed by atoms with E-state index in [0.717, 1.165) is 0 Å². The minimum atomic E-state index is 1.29. The highest BCUT2D eigenvalue weighted by molar-refractivity contribution is 7.24. The number of hydrogen-bond acceptors (Lipinski definition) is 4. The summed E-state index contributed by atoms with van der Waals surface area (Å²) in [5, 5.41) is 5.43. The first-order valence-corrected chi connectivity index (χ1v) is 15.8. The normalized spacial score (nSPS) is 12.1. The molecule has 4 heteroatoms. The van der Waals surface area contributed by atoms with Crippen LogP contribution in [-0.4, -0.2) is 0 Å². The van der Waals surface area contributed by atoms with Gasteiger partial charge in [0.15, 0.2) is 0 Å². The molecule has 4 aromatic heterocycles. The molecule has 0 atom stereocenters. The summed E-state index contributed by atoms with van der Waals surface area (Å²) in [6.07, 6.45) is 4.57. The van der Waals surface area contributed by atoms with Crippen molar-refractivity contribution in [2.75, 3.05) is 0 Å². The number of fused-ring (bicyclic) bond motifs is 6. The average Bonchev–Trinajstić information content (AvgIpc) is 3.75. The summed E-state index contributed by atoms with van der Waals surface area (Å²) in [6.45, 7) is 0. The van der Waals surface area contributed by atoms with Gasteiger partial charge in [-0.2, -0.15) is 0 Å². The largest absolute Gasteiger partial charge is 0.136 e. The molecule has 4 heterocycles. The first-order chi connectivity index (χ1) is 18.8. The lowest BCUT2D eigenvalue weighted by Crippen LogP contribution is -1.68. The standard InChI is InChI=1S/C34H20S4/c1-3-7-21(8-4-1)33-19-27-25-17-23(35-29(25)13-15-31(27)37-33)11-12-24-18-26-28-20-34(22-9-5-2-6-10-22)38-32(28)16-14-30(26)36-24/h1-20H. The summed E-state index contributed by atoms with van der Waals surface area (Å²) in [7, 11) is 0. The van der Waals surface area contributed by atoms with Gasteiger partial charge in [0.05, 0.1) is 0 Å². The summed E-state index contributed by atoms with van der Waals surface area (Å²) in [4.78, 5) is 5.25. The van der Waals surface area contributed by atoms with Gasteiger partial charge in [-0.25, -0.2) is 0 Å². The topological polar surface area (TPSA) is 0 Å². The third-order valence-electron chi connectivity index (χ3n) is 6.96. The van der Waals surface area contributed by atoms with E-state index in [0.29, 0.717) is 0 Å². The van der Waals surface area contributed by atoms with E-state index >= 15 is 0 Å². The molecule has 8 aromatic rings. The monoisotopic (exact) mass is 556 g/mol. The van der Waals surface area contributed by atoms with Crippen molar-refractivity contribution in [3.63, 3.8) is 0 Å². The lowest BCUT2D eigenvalue weighted by atomic mass is 10.1. The Morgan fingerprint density at radius 3 is 1.16 bits per heavy atom. The lowest BCUT2D eigenvalue weighted by molar-refractivity contribution is 1.70. The molecule has 0 fully saturated rings. The molecule has 8 rings (SSSR count). The molecule has 0 unspecified atom stereocenters. The van der Waals surface area contributed by atoms with E-state index in [1.54, 1.807) is 0 Å². The van der Waals surface area contributed by atoms with Crippen molar-refractivity contribution in [2.45, 2.75) is 0 Å². The Morgan fingerprint density at radius 2 is 0.737 bits per heavy atom. The molecule has 0 spiro atoms. The van der Waals surface area contributed by atoms with Gasteiger partial charge in [0, 0.05) is 59.9 Å². The van der Waals surface area contributed by atoms with Gasteiger partial charge in [0.1, 0.15) is 0 Å². The molecule has 0 bridgehead atoms. The zero-order chi connectivity index (χ0) is 25.1. The zero-order valence-electron chi connectivity index (χ0n) is 20.2. The number of rotatable bonds is 4. The predicted molar refractivity (Wildman–Crippen MR) is 174 cm³/mol. The van der Waals surface area contributed by atoms with E-state index < -0.39 is 0 Å². The molecule has 0 saturated carbocycles. The highest BCUT2D eigenvalue weighted by Crippen LogP contribution is 2.42. The second-order valence-corrected chi connectivity index (χ2v) is 13.8. The van der Waals surface area contributed by atoms with Gasteiger partial charge in [-0.05, 0) is 71.8 Å². The van der Waals surface area contributed by atoms with Crippen molar-refractivity contribution in [3.8, 4) is 20.9 Å². The van der Waals surface area contributed by atoms with Crippen molar-refractivity contribution in [1.82, 2.24) is 0 Å². The maximum Gasteiger partial charge on any atom is 0.0356 e. The second kappa shape index (κ2) is 9.04. The van der Waals surface area contributed by atoms with Crippen molar-refractivity contribution in [1.29, 1.82) is 0 Å². The van der Waals surface area contributed by atoms with E-state index in [4.69, 9.17) is 0 Å². The van der Waals surface area contributed by atoms with E-state index in [9.17, 15) is 0 Å². The summed E-state index contributed by atoms with van der Waals surface area (Å²) >= 11 is 7.50. The fourth-order valence-electron chi connectivity index (χ4n) is 5.12. The Bertz CT molecular complexity index is 1960. The highest BCUT2D eigenvalue weighted by atomic mass is 32.1. The van der Waals surface area contributed by atoms with Crippen molar-refractivity contribution < 1.29 is 0 Å². The van der Waals surface area contributed by atoms with E-state index in [-0.39, 0.29) is 0 Å². The lowest BCUT2D eigenvalue weighted by Gasteiger charge is -1.93. The van der Waals surface area contributed by atoms with Crippen LogP contribution < -0.4 is 0 Å². The Labute approximate surface area is 236 Å². The predicted octanol–water partition coefficient (Wildman–Crippen LogP) is 12.0. The SMILES string of the molecule is C(=Cc1cc2c(ccc3sc(-c4ccccc4)cc32)s1)c1cc2c(ccc3sc(-c4ccccc4)cc32)s1. The van der Waals surface area contributed by atoms with E-state index in [2.05, 4.69) is 121 Å². The van der Waals surface area contributed by atoms with Gasteiger partial charge >= 0.3 is 0 Å². The van der Waals surface area contributed by atoms with Gasteiger partial charge < -0.3 is 0 Å². The fraction of sp³-hybridized carbons (Fsp3) is 0. The second-order valence-electron chi connectivity index (χ2n) is 9.36. The van der Waals surface area contributed by atoms with E-state index in [1.807, 2.05) is 45.3 Å². The highest BCUT2D eigenvalue weighted by Gasteiger charge is 2.11. The molecule has 0 amide bonds. The summed E-state index contributed by atoms with van der Waals surface area (Å²) in [6, 6.07) is 39.9. The van der Waals surface area contributed by atoms with Crippen LogP contribution >= 0.6 is 45.3 Å². The molecule has 0 aliphatic rings. The summed E-state index contributed by atoms with van der Waals surface area (Å²) < 4.78 is 5.39. The molecule has 0 N–H and O–H groups in total. The van der Waals surface area contributed by atoms with Crippen LogP contribution in [0, 0.1) is 0 Å². The average molecular weight is 557 g/mol. The molecule has 0 aliphatic carbocycles. The van der Waals surface area contributed by atoms with Crippen LogP contribution in [0.25, 0.3) is 73.4 Å². The summed E-state index contributed by atoms with van der Waals surface area (Å²) in [5.41, 5.74) is 2.58. The van der Waals surface area contributed by atoms with Gasteiger partial charge in [0.2, 0.25) is 0 Å². The van der Waals surface area contributed by atoms with Crippen LogP contribution in [0.15, 0.2) is 109 Å². The maximum atomic E-state index is 2.36. The molecule has 0 radical (unpaired) electrons. The molecule has 0 saturated heterocycles. The minimum Gasteiger partial charge on any atom is -0.136 e. The number of benzene rings is 4. The van der Waals surface area contributed by atoms with Crippen molar-refractivity contribution in [2.24, 2.45) is 0 Å². The molecular weight excluding hydrogens is 537 g/mol. The van der Waals surface area contributed by atoms with Crippen molar-refractivity contribution in [3.05, 3.63) is 119 Å². The van der Waals surface area contributed by atoms with Crippen molar-refractivity contribution >= 4 is 97.8 Å². The van der Waals surface area contributed by atoms with Gasteiger partial charge in [-0.1, -0.05) is 60.7 Å². The van der Waals surface area contributed by atoms with E-state index in [1.165, 1.54) is 71.0 Å². The smallest absolute Gasteiger partial charge is 0.0356 e. The molecule has 180 valence electrons. The minimum absolute atomic E-state index is 1.29. The number of thiophene rings is 4. The molecular formula is C34H20S4. The Balaban J connectivity index is 1.15. The van der Waals surface area contributed by atoms with Crippen LogP contribution in [0.2, 0.25) is 0 Å². The molecule has 38 heavy (non-hydrogen) atoms. The molecule has 0 nitrogen and oxygen atoms in total.